The Hall–Kier alpha value is -4.18. The van der Waals surface area contributed by atoms with Crippen LogP contribution in [0.5, 0.6) is 5.75 Å². The molecule has 7 nitrogen and oxygen atoms in total. The highest BCUT2D eigenvalue weighted by Crippen LogP contribution is 2.42. The number of carboxylic acid groups (broad SMARTS) is 1. The van der Waals surface area contributed by atoms with E-state index in [9.17, 15) is 18.7 Å². The largest absolute Gasteiger partial charge is 0.487 e. The van der Waals surface area contributed by atoms with Crippen molar-refractivity contribution in [2.24, 2.45) is 5.92 Å². The van der Waals surface area contributed by atoms with Gasteiger partial charge in [-0.15, -0.1) is 0 Å². The number of carboxylic acids is 1. The van der Waals surface area contributed by atoms with Crippen molar-refractivity contribution in [1.29, 1.82) is 0 Å². The Bertz CT molecular complexity index is 1810. The molecule has 4 aromatic rings. The van der Waals surface area contributed by atoms with Crippen molar-refractivity contribution in [3.8, 4) is 5.75 Å². The summed E-state index contributed by atoms with van der Waals surface area (Å²) in [5.41, 5.74) is 1.76. The fourth-order valence-electron chi connectivity index (χ4n) is 7.41. The van der Waals surface area contributed by atoms with E-state index in [4.69, 9.17) is 14.7 Å². The minimum atomic E-state index is -2.78. The molecular weight excluding hydrogens is 593 g/mol. The number of hydrogen-bond acceptors (Lipinski definition) is 5. The van der Waals surface area contributed by atoms with E-state index in [0.29, 0.717) is 29.9 Å². The zero-order chi connectivity index (χ0) is 31.9. The third-order valence-corrected chi connectivity index (χ3v) is 9.96. The molecule has 240 valence electrons. The van der Waals surface area contributed by atoms with E-state index in [-0.39, 0.29) is 45.0 Å². The normalized spacial score (nSPS) is 26.5. The first-order valence-electron chi connectivity index (χ1n) is 16.1. The van der Waals surface area contributed by atoms with Crippen LogP contribution in [0.3, 0.4) is 0 Å². The number of aliphatic carboxylic acids is 1. The Morgan fingerprint density at radius 3 is 2.59 bits per heavy atom. The Balaban J connectivity index is 1.26. The highest BCUT2D eigenvalue weighted by Gasteiger charge is 2.48. The Labute approximate surface area is 265 Å². The van der Waals surface area contributed by atoms with Gasteiger partial charge in [0.15, 0.2) is 0 Å². The Morgan fingerprint density at radius 1 is 0.978 bits per heavy atom. The van der Waals surface area contributed by atoms with Crippen molar-refractivity contribution in [2.45, 2.75) is 75.2 Å². The maximum absolute atomic E-state index is 16.2. The molecule has 4 atom stereocenters. The molecule has 2 aromatic heterocycles. The highest BCUT2D eigenvalue weighted by atomic mass is 19.3. The molecule has 10 heteroatoms. The Kier molecular flexibility index (Phi) is 8.09. The van der Waals surface area contributed by atoms with Crippen molar-refractivity contribution in [1.82, 2.24) is 19.4 Å². The number of benzene rings is 2. The fraction of sp³-hybridized carbons (Fsp3) is 0.417. The summed E-state index contributed by atoms with van der Waals surface area (Å²) < 4.78 is 52.7. The van der Waals surface area contributed by atoms with E-state index in [1.165, 1.54) is 6.08 Å². The number of carbonyl (C=O) groups is 1. The number of hydrogen-bond donors (Lipinski definition) is 1. The van der Waals surface area contributed by atoms with Crippen LogP contribution >= 0.6 is 0 Å². The summed E-state index contributed by atoms with van der Waals surface area (Å²) in [5, 5.41) is 11.2. The van der Waals surface area contributed by atoms with Crippen LogP contribution in [-0.2, 0) is 17.9 Å². The standard InChI is InChI=1S/C36H37F3N4O3/c37-32-11-5-6-16-35(32,42-19-17-36(38,39)18-20-42)23-43-31-15-14-26(46-22-25-13-12-24-7-1-4-10-29(24)40-25)21-30(31)41-33(43)27-8-2-3-9-28(27)34(44)45/h1,4-7,10-16,21,27-28,32H,2-3,8-9,17-20,22-23H2,(H,44,45)/t27-,28+,32?,35?/m0/s1. The molecular formula is C36H37F3N4O3. The van der Waals surface area contributed by atoms with Gasteiger partial charge < -0.3 is 14.4 Å². The first-order valence-corrected chi connectivity index (χ1v) is 16.1. The summed E-state index contributed by atoms with van der Waals surface area (Å²) in [6.07, 6.45) is 7.41. The van der Waals surface area contributed by atoms with Crippen molar-refractivity contribution in [2.75, 3.05) is 13.1 Å². The van der Waals surface area contributed by atoms with Crippen LogP contribution in [0.15, 0.2) is 78.9 Å². The molecule has 0 bridgehead atoms. The van der Waals surface area contributed by atoms with Gasteiger partial charge in [0, 0.05) is 49.8 Å². The van der Waals surface area contributed by atoms with Crippen LogP contribution in [0.25, 0.3) is 21.9 Å². The maximum atomic E-state index is 16.2. The average Bonchev–Trinajstić information content (AvgIpc) is 3.41. The number of rotatable bonds is 8. The lowest BCUT2D eigenvalue weighted by molar-refractivity contribution is -0.143. The van der Waals surface area contributed by atoms with E-state index in [2.05, 4.69) is 0 Å². The van der Waals surface area contributed by atoms with Gasteiger partial charge in [0.25, 0.3) is 5.92 Å². The monoisotopic (exact) mass is 630 g/mol. The topological polar surface area (TPSA) is 80.5 Å². The van der Waals surface area contributed by atoms with Gasteiger partial charge in [0.05, 0.1) is 33.7 Å². The molecule has 2 fully saturated rings. The molecule has 1 saturated carbocycles. The van der Waals surface area contributed by atoms with Crippen LogP contribution in [-0.4, -0.2) is 61.2 Å². The predicted molar refractivity (Wildman–Crippen MR) is 170 cm³/mol. The second-order valence-corrected chi connectivity index (χ2v) is 12.8. The molecule has 46 heavy (non-hydrogen) atoms. The second-order valence-electron chi connectivity index (χ2n) is 12.8. The lowest BCUT2D eigenvalue weighted by Crippen LogP contribution is -2.60. The summed E-state index contributed by atoms with van der Waals surface area (Å²) in [5.74, 6) is -3.46. The molecule has 1 aliphatic heterocycles. The molecule has 0 spiro atoms. The number of para-hydroxylation sites is 1. The number of piperidine rings is 1. The number of halogens is 3. The van der Waals surface area contributed by atoms with E-state index in [1.807, 2.05) is 64.1 Å². The van der Waals surface area contributed by atoms with Gasteiger partial charge >= 0.3 is 5.97 Å². The number of pyridine rings is 1. The van der Waals surface area contributed by atoms with Crippen molar-refractivity contribution >= 4 is 27.9 Å². The second kappa shape index (κ2) is 12.2. The molecule has 2 aromatic carbocycles. The third-order valence-electron chi connectivity index (χ3n) is 9.96. The summed E-state index contributed by atoms with van der Waals surface area (Å²) in [7, 11) is 0. The number of ether oxygens (including phenoxy) is 1. The molecule has 3 heterocycles. The van der Waals surface area contributed by atoms with Gasteiger partial charge in [0.1, 0.15) is 24.4 Å². The maximum Gasteiger partial charge on any atom is 0.307 e. The van der Waals surface area contributed by atoms with Crippen LogP contribution < -0.4 is 4.74 Å². The van der Waals surface area contributed by atoms with Gasteiger partial charge in [-0.2, -0.15) is 0 Å². The molecule has 2 aliphatic carbocycles. The van der Waals surface area contributed by atoms with E-state index < -0.39 is 29.5 Å². The number of aromatic nitrogens is 3. The zero-order valence-corrected chi connectivity index (χ0v) is 25.5. The number of likely N-dealkylation sites (tertiary alicyclic amines) is 1. The summed E-state index contributed by atoms with van der Waals surface area (Å²) in [6, 6.07) is 17.3. The number of fused-ring (bicyclic) bond motifs is 2. The van der Waals surface area contributed by atoms with Crippen LogP contribution in [0.4, 0.5) is 13.2 Å². The third kappa shape index (κ3) is 5.79. The summed E-state index contributed by atoms with van der Waals surface area (Å²) >= 11 is 0. The SMILES string of the molecule is O=C(O)[C@@H]1CCCC[C@@H]1c1nc2cc(OCc3ccc4ccccc4n3)ccc2n1CC1(N2CCC(F)(F)CC2)C=CC=CC1F. The van der Waals surface area contributed by atoms with Gasteiger partial charge in [0.2, 0.25) is 0 Å². The molecule has 2 unspecified atom stereocenters. The first-order chi connectivity index (χ1) is 22.2. The first kappa shape index (κ1) is 30.5. The molecule has 1 N–H and O–H groups in total. The minimum absolute atomic E-state index is 0.0511. The number of imidazole rings is 1. The van der Waals surface area contributed by atoms with Gasteiger partial charge in [-0.3, -0.25) is 9.69 Å². The number of alkyl halides is 3. The fourth-order valence-corrected chi connectivity index (χ4v) is 7.41. The van der Waals surface area contributed by atoms with Crippen molar-refractivity contribution in [3.63, 3.8) is 0 Å². The molecule has 0 radical (unpaired) electrons. The average molecular weight is 631 g/mol. The molecule has 3 aliphatic rings. The van der Waals surface area contributed by atoms with E-state index in [0.717, 1.165) is 35.0 Å². The lowest BCUT2D eigenvalue weighted by atomic mass is 9.78. The van der Waals surface area contributed by atoms with Crippen LogP contribution in [0, 0.1) is 5.92 Å². The smallest absolute Gasteiger partial charge is 0.307 e. The molecule has 0 amide bonds. The number of allylic oxidation sites excluding steroid dienone is 2. The molecule has 1 saturated heterocycles. The lowest BCUT2D eigenvalue weighted by Gasteiger charge is -2.47. The summed E-state index contributed by atoms with van der Waals surface area (Å²) in [6.45, 7) is 0.457. The van der Waals surface area contributed by atoms with Gasteiger partial charge in [-0.25, -0.2) is 23.1 Å². The van der Waals surface area contributed by atoms with E-state index in [1.54, 1.807) is 18.2 Å². The van der Waals surface area contributed by atoms with Gasteiger partial charge in [-0.1, -0.05) is 55.3 Å². The van der Waals surface area contributed by atoms with Crippen molar-refractivity contribution in [3.05, 3.63) is 90.4 Å². The number of nitrogens with zero attached hydrogens (tertiary/aromatic N) is 4. The highest BCUT2D eigenvalue weighted by molar-refractivity contribution is 5.79. The summed E-state index contributed by atoms with van der Waals surface area (Å²) in [4.78, 5) is 23.9. The van der Waals surface area contributed by atoms with Gasteiger partial charge in [-0.05, 0) is 43.2 Å². The van der Waals surface area contributed by atoms with E-state index >= 15 is 4.39 Å². The molecule has 7 rings (SSSR count). The van der Waals surface area contributed by atoms with Crippen LogP contribution in [0.1, 0.15) is 56.0 Å². The Morgan fingerprint density at radius 2 is 1.78 bits per heavy atom. The quantitative estimate of drug-likeness (QED) is 0.218. The van der Waals surface area contributed by atoms with Crippen molar-refractivity contribution < 1.29 is 27.8 Å². The predicted octanol–water partition coefficient (Wildman–Crippen LogP) is 7.46. The van der Waals surface area contributed by atoms with Crippen LogP contribution in [0.2, 0.25) is 0 Å². The zero-order valence-electron chi connectivity index (χ0n) is 25.5. The minimum Gasteiger partial charge on any atom is -0.487 e.